The van der Waals surface area contributed by atoms with Crippen LogP contribution in [-0.4, -0.2) is 35.6 Å². The van der Waals surface area contributed by atoms with Crippen LogP contribution in [0.1, 0.15) is 46.3 Å². The van der Waals surface area contributed by atoms with Crippen LogP contribution in [0.2, 0.25) is 0 Å². The number of rotatable bonds is 6. The first kappa shape index (κ1) is 15.1. The van der Waals surface area contributed by atoms with Crippen molar-refractivity contribution in [1.82, 2.24) is 10.1 Å². The summed E-state index contributed by atoms with van der Waals surface area (Å²) < 4.78 is 16.2. The molecule has 0 spiro atoms. The molecule has 1 aromatic rings. The minimum atomic E-state index is -0.251. The molecular formula is C13H24N2O3. The summed E-state index contributed by atoms with van der Waals surface area (Å²) in [5, 5.41) is 3.93. The fourth-order valence-corrected chi connectivity index (χ4v) is 1.37. The van der Waals surface area contributed by atoms with E-state index in [1.807, 2.05) is 34.6 Å². The van der Waals surface area contributed by atoms with Gasteiger partial charge in [-0.3, -0.25) is 0 Å². The molecule has 0 radical (unpaired) electrons. The summed E-state index contributed by atoms with van der Waals surface area (Å²) in [7, 11) is 0. The molecule has 18 heavy (non-hydrogen) atoms. The standard InChI is InChI=1S/C13H24N2O3/c1-10-14-11(15-18-10)13(5,6)9-16-7-8-17-12(2,3)4/h7-9H2,1-6H3. The first-order valence-electron chi connectivity index (χ1n) is 6.23. The Kier molecular flexibility index (Phi) is 4.87. The van der Waals surface area contributed by atoms with Crippen molar-refractivity contribution >= 4 is 0 Å². The van der Waals surface area contributed by atoms with Crippen molar-refractivity contribution in [2.75, 3.05) is 19.8 Å². The van der Waals surface area contributed by atoms with E-state index in [0.29, 0.717) is 31.5 Å². The van der Waals surface area contributed by atoms with Crippen LogP contribution < -0.4 is 0 Å². The Hall–Kier alpha value is -0.940. The van der Waals surface area contributed by atoms with Gasteiger partial charge in [0.05, 0.1) is 30.8 Å². The molecular weight excluding hydrogens is 232 g/mol. The summed E-state index contributed by atoms with van der Waals surface area (Å²) in [4.78, 5) is 4.23. The molecule has 0 N–H and O–H groups in total. The minimum absolute atomic E-state index is 0.121. The molecule has 0 bridgehead atoms. The second-order valence-electron chi connectivity index (χ2n) is 6.03. The van der Waals surface area contributed by atoms with Gasteiger partial charge in [-0.05, 0) is 20.8 Å². The highest BCUT2D eigenvalue weighted by Crippen LogP contribution is 2.20. The molecule has 0 aliphatic rings. The van der Waals surface area contributed by atoms with Gasteiger partial charge in [0.1, 0.15) is 0 Å². The van der Waals surface area contributed by atoms with E-state index in [9.17, 15) is 0 Å². The Morgan fingerprint density at radius 3 is 2.28 bits per heavy atom. The maximum atomic E-state index is 5.61. The van der Waals surface area contributed by atoms with Crippen molar-refractivity contribution in [3.05, 3.63) is 11.7 Å². The van der Waals surface area contributed by atoms with Crippen molar-refractivity contribution in [3.8, 4) is 0 Å². The molecule has 0 amide bonds. The maximum absolute atomic E-state index is 5.61. The third-order valence-corrected chi connectivity index (χ3v) is 2.36. The van der Waals surface area contributed by atoms with Gasteiger partial charge in [0.15, 0.2) is 5.82 Å². The average molecular weight is 256 g/mol. The number of hydrogen-bond donors (Lipinski definition) is 0. The molecule has 0 aliphatic heterocycles. The SMILES string of the molecule is Cc1nc(C(C)(C)COCCOC(C)(C)C)no1. The second-order valence-corrected chi connectivity index (χ2v) is 6.03. The molecule has 0 saturated heterocycles. The number of nitrogens with zero attached hydrogens (tertiary/aromatic N) is 2. The lowest BCUT2D eigenvalue weighted by Gasteiger charge is -2.22. The predicted molar refractivity (Wildman–Crippen MR) is 68.6 cm³/mol. The quantitative estimate of drug-likeness (QED) is 0.732. The second kappa shape index (κ2) is 5.80. The summed E-state index contributed by atoms with van der Waals surface area (Å²) in [6.45, 7) is 13.6. The van der Waals surface area contributed by atoms with Gasteiger partial charge in [-0.25, -0.2) is 0 Å². The molecule has 0 atom stereocenters. The highest BCUT2D eigenvalue weighted by Gasteiger charge is 2.26. The zero-order valence-corrected chi connectivity index (χ0v) is 12.2. The Morgan fingerprint density at radius 1 is 1.11 bits per heavy atom. The predicted octanol–water partition coefficient (Wildman–Crippen LogP) is 2.49. The Balaban J connectivity index is 2.30. The van der Waals surface area contributed by atoms with Crippen LogP contribution in [0.25, 0.3) is 0 Å². The molecule has 0 saturated carbocycles. The average Bonchev–Trinajstić information content (AvgIpc) is 2.63. The molecule has 5 nitrogen and oxygen atoms in total. The van der Waals surface area contributed by atoms with Crippen LogP contribution >= 0.6 is 0 Å². The molecule has 1 aromatic heterocycles. The molecule has 104 valence electrons. The Bertz CT molecular complexity index is 367. The zero-order valence-electron chi connectivity index (χ0n) is 12.2. The Labute approximate surface area is 109 Å². The van der Waals surface area contributed by atoms with E-state index < -0.39 is 0 Å². The molecule has 1 heterocycles. The van der Waals surface area contributed by atoms with Gasteiger partial charge in [0.2, 0.25) is 5.89 Å². The number of aryl methyl sites for hydroxylation is 1. The van der Waals surface area contributed by atoms with E-state index in [0.717, 1.165) is 0 Å². The van der Waals surface area contributed by atoms with Gasteiger partial charge in [0, 0.05) is 6.92 Å². The van der Waals surface area contributed by atoms with Crippen molar-refractivity contribution < 1.29 is 14.0 Å². The smallest absolute Gasteiger partial charge is 0.223 e. The molecule has 0 fully saturated rings. The van der Waals surface area contributed by atoms with E-state index in [1.54, 1.807) is 6.92 Å². The lowest BCUT2D eigenvalue weighted by molar-refractivity contribution is -0.0404. The number of aromatic nitrogens is 2. The van der Waals surface area contributed by atoms with Crippen LogP contribution in [-0.2, 0) is 14.9 Å². The minimum Gasteiger partial charge on any atom is -0.378 e. The fraction of sp³-hybridized carbons (Fsp3) is 0.846. The monoisotopic (exact) mass is 256 g/mol. The highest BCUT2D eigenvalue weighted by molar-refractivity contribution is 5.02. The van der Waals surface area contributed by atoms with Crippen LogP contribution in [0.4, 0.5) is 0 Å². The molecule has 0 aliphatic carbocycles. The maximum Gasteiger partial charge on any atom is 0.223 e. The normalized spacial score (nSPS) is 13.0. The lowest BCUT2D eigenvalue weighted by atomic mass is 9.94. The first-order chi connectivity index (χ1) is 8.21. The van der Waals surface area contributed by atoms with E-state index >= 15 is 0 Å². The van der Waals surface area contributed by atoms with Crippen molar-refractivity contribution in [3.63, 3.8) is 0 Å². The van der Waals surface area contributed by atoms with Crippen LogP contribution in [0.15, 0.2) is 4.52 Å². The van der Waals surface area contributed by atoms with E-state index in [-0.39, 0.29) is 11.0 Å². The summed E-state index contributed by atoms with van der Waals surface area (Å²) in [5.41, 5.74) is -0.372. The largest absolute Gasteiger partial charge is 0.378 e. The van der Waals surface area contributed by atoms with Crippen LogP contribution in [0.5, 0.6) is 0 Å². The molecule has 1 rings (SSSR count). The third-order valence-electron chi connectivity index (χ3n) is 2.36. The van der Waals surface area contributed by atoms with E-state index in [2.05, 4.69) is 10.1 Å². The molecule has 5 heteroatoms. The van der Waals surface area contributed by atoms with E-state index in [4.69, 9.17) is 14.0 Å². The number of hydrogen-bond acceptors (Lipinski definition) is 5. The highest BCUT2D eigenvalue weighted by atomic mass is 16.5. The fourth-order valence-electron chi connectivity index (χ4n) is 1.37. The van der Waals surface area contributed by atoms with Gasteiger partial charge >= 0.3 is 0 Å². The van der Waals surface area contributed by atoms with Crippen LogP contribution in [0, 0.1) is 6.92 Å². The summed E-state index contributed by atoms with van der Waals surface area (Å²) in [6, 6.07) is 0. The summed E-state index contributed by atoms with van der Waals surface area (Å²) >= 11 is 0. The topological polar surface area (TPSA) is 57.4 Å². The van der Waals surface area contributed by atoms with Gasteiger partial charge in [-0.15, -0.1) is 0 Å². The van der Waals surface area contributed by atoms with Gasteiger partial charge in [-0.1, -0.05) is 19.0 Å². The van der Waals surface area contributed by atoms with Gasteiger partial charge < -0.3 is 14.0 Å². The lowest BCUT2D eigenvalue weighted by Crippen LogP contribution is -2.28. The van der Waals surface area contributed by atoms with Crippen molar-refractivity contribution in [1.29, 1.82) is 0 Å². The van der Waals surface area contributed by atoms with Gasteiger partial charge in [-0.2, -0.15) is 4.98 Å². The van der Waals surface area contributed by atoms with Crippen molar-refractivity contribution in [2.24, 2.45) is 0 Å². The van der Waals surface area contributed by atoms with Crippen molar-refractivity contribution in [2.45, 2.75) is 52.6 Å². The molecule has 0 aromatic carbocycles. The zero-order chi connectivity index (χ0) is 13.8. The summed E-state index contributed by atoms with van der Waals surface area (Å²) in [6.07, 6.45) is 0. The Morgan fingerprint density at radius 2 is 1.78 bits per heavy atom. The summed E-state index contributed by atoms with van der Waals surface area (Å²) in [5.74, 6) is 1.26. The van der Waals surface area contributed by atoms with E-state index in [1.165, 1.54) is 0 Å². The third kappa shape index (κ3) is 5.14. The first-order valence-corrected chi connectivity index (χ1v) is 6.23. The number of ether oxygens (including phenoxy) is 2. The van der Waals surface area contributed by atoms with Gasteiger partial charge in [0.25, 0.3) is 0 Å². The molecule has 0 unspecified atom stereocenters. The van der Waals surface area contributed by atoms with Crippen LogP contribution in [0.3, 0.4) is 0 Å².